The van der Waals surface area contributed by atoms with Crippen LogP contribution in [0.4, 0.5) is 17.5 Å². The summed E-state index contributed by atoms with van der Waals surface area (Å²) < 4.78 is 5.41. The van der Waals surface area contributed by atoms with Gasteiger partial charge in [0.05, 0.1) is 0 Å². The maximum Gasteiger partial charge on any atom is 0.224 e. The van der Waals surface area contributed by atoms with Crippen LogP contribution in [-0.4, -0.2) is 46.4 Å². The Morgan fingerprint density at radius 1 is 1.06 bits per heavy atom. The molecule has 2 heterocycles. The van der Waals surface area contributed by atoms with E-state index in [0.717, 1.165) is 48.4 Å². The molecule has 0 radical (unpaired) electrons. The minimum absolute atomic E-state index is 0.322. The molecular formula is C23H29N7OS. The van der Waals surface area contributed by atoms with Gasteiger partial charge in [0.1, 0.15) is 17.2 Å². The van der Waals surface area contributed by atoms with E-state index in [9.17, 15) is 0 Å². The van der Waals surface area contributed by atoms with Crippen LogP contribution in [0.15, 0.2) is 47.1 Å². The number of hydrogen-bond acceptors (Lipinski definition) is 7. The van der Waals surface area contributed by atoms with Gasteiger partial charge in [0.2, 0.25) is 5.95 Å². The zero-order chi connectivity index (χ0) is 22.5. The van der Waals surface area contributed by atoms with Gasteiger partial charge < -0.3 is 25.4 Å². The average molecular weight is 452 g/mol. The van der Waals surface area contributed by atoms with Gasteiger partial charge in [-0.1, -0.05) is 35.5 Å². The predicted molar refractivity (Wildman–Crippen MR) is 132 cm³/mol. The minimum atomic E-state index is 0.322. The van der Waals surface area contributed by atoms with E-state index in [1.807, 2.05) is 62.3 Å². The molecule has 4 rings (SSSR count). The molecule has 0 atom stereocenters. The topological polar surface area (TPSA) is 91.1 Å². The van der Waals surface area contributed by atoms with E-state index in [1.165, 1.54) is 0 Å². The first-order valence-corrected chi connectivity index (χ1v) is 11.3. The van der Waals surface area contributed by atoms with E-state index >= 15 is 0 Å². The number of anilines is 3. The van der Waals surface area contributed by atoms with E-state index in [-0.39, 0.29) is 0 Å². The van der Waals surface area contributed by atoms with E-state index in [1.54, 1.807) is 6.20 Å². The number of nitrogens with one attached hydrogen (secondary N) is 3. The van der Waals surface area contributed by atoms with Crippen LogP contribution in [0.1, 0.15) is 31.4 Å². The largest absolute Gasteiger partial charge is 0.363 e. The zero-order valence-corrected chi connectivity index (χ0v) is 19.4. The molecule has 1 fully saturated rings. The summed E-state index contributed by atoms with van der Waals surface area (Å²) in [6.07, 6.45) is 5.87. The Labute approximate surface area is 193 Å². The molecule has 0 bridgehead atoms. The molecule has 0 spiro atoms. The van der Waals surface area contributed by atoms with Crippen molar-refractivity contribution in [2.45, 2.75) is 44.7 Å². The van der Waals surface area contributed by atoms with E-state index in [0.29, 0.717) is 28.9 Å². The molecule has 0 aliphatic heterocycles. The molecule has 168 valence electrons. The maximum absolute atomic E-state index is 5.59. The highest BCUT2D eigenvalue weighted by atomic mass is 32.1. The number of thiocarbonyl (C=S) groups is 1. The Hall–Kier alpha value is -3.20. The number of hydrogen-bond donors (Lipinski definition) is 3. The highest BCUT2D eigenvalue weighted by molar-refractivity contribution is 7.80. The van der Waals surface area contributed by atoms with Crippen LogP contribution in [0.25, 0.3) is 11.3 Å². The number of aromatic nitrogens is 3. The van der Waals surface area contributed by atoms with E-state index in [2.05, 4.69) is 31.1 Å². The van der Waals surface area contributed by atoms with E-state index in [4.69, 9.17) is 16.7 Å². The predicted octanol–water partition coefficient (Wildman–Crippen LogP) is 4.22. The van der Waals surface area contributed by atoms with Crippen LogP contribution in [0.3, 0.4) is 0 Å². The Morgan fingerprint density at radius 3 is 2.50 bits per heavy atom. The second-order valence-corrected chi connectivity index (χ2v) is 8.66. The molecule has 32 heavy (non-hydrogen) atoms. The molecule has 9 heteroatoms. The van der Waals surface area contributed by atoms with Gasteiger partial charge >= 0.3 is 0 Å². The fourth-order valence-corrected chi connectivity index (χ4v) is 4.15. The molecule has 0 saturated heterocycles. The molecule has 1 aliphatic rings. The van der Waals surface area contributed by atoms with Crippen molar-refractivity contribution < 1.29 is 4.52 Å². The first-order chi connectivity index (χ1) is 15.5. The van der Waals surface area contributed by atoms with Crippen molar-refractivity contribution in [2.75, 3.05) is 29.6 Å². The van der Waals surface area contributed by atoms with Crippen molar-refractivity contribution in [3.05, 3.63) is 48.4 Å². The monoisotopic (exact) mass is 451 g/mol. The summed E-state index contributed by atoms with van der Waals surface area (Å²) in [6.45, 7) is 1.88. The number of rotatable bonds is 6. The van der Waals surface area contributed by atoms with Crippen molar-refractivity contribution in [1.29, 1.82) is 0 Å². The van der Waals surface area contributed by atoms with Crippen LogP contribution in [0.2, 0.25) is 0 Å². The summed E-state index contributed by atoms with van der Waals surface area (Å²) in [5, 5.41) is 15.0. The zero-order valence-electron chi connectivity index (χ0n) is 18.6. The standard InChI is InChI=1S/C23H29N7OS/c1-15-20(21(29-31-15)16-7-5-4-6-8-16)28-23(32)26-18-11-9-17(10-12-18)25-22-24-14-13-19(27-22)30(2)3/h4-8,13-14,17-18H,9-12H2,1-3H3,(H,24,25,27)(H2,26,28,32). The Bertz CT molecular complexity index is 1050. The summed E-state index contributed by atoms with van der Waals surface area (Å²) in [5.74, 6) is 2.29. The third kappa shape index (κ3) is 5.34. The molecule has 1 saturated carbocycles. The first-order valence-electron chi connectivity index (χ1n) is 10.9. The molecule has 2 aromatic heterocycles. The Kier molecular flexibility index (Phi) is 6.84. The molecule has 0 unspecified atom stereocenters. The van der Waals surface area contributed by atoms with Crippen molar-refractivity contribution in [3.8, 4) is 11.3 Å². The molecule has 0 amide bonds. The molecule has 1 aliphatic carbocycles. The SMILES string of the molecule is Cc1onc(-c2ccccc2)c1NC(=S)NC1CCC(Nc2nccc(N(C)C)n2)CC1. The van der Waals surface area contributed by atoms with Gasteiger partial charge in [-0.25, -0.2) is 4.98 Å². The fourth-order valence-electron chi connectivity index (χ4n) is 3.88. The third-order valence-electron chi connectivity index (χ3n) is 5.64. The highest BCUT2D eigenvalue weighted by Crippen LogP contribution is 2.30. The van der Waals surface area contributed by atoms with Crippen LogP contribution in [-0.2, 0) is 0 Å². The first kappa shape index (κ1) is 22.0. The number of aryl methyl sites for hydroxylation is 1. The summed E-state index contributed by atoms with van der Waals surface area (Å²) in [4.78, 5) is 10.9. The molecular weight excluding hydrogens is 422 g/mol. The minimum Gasteiger partial charge on any atom is -0.363 e. The molecule has 3 N–H and O–H groups in total. The summed E-state index contributed by atoms with van der Waals surface area (Å²) in [7, 11) is 3.95. The van der Waals surface area contributed by atoms with Gasteiger partial charge in [-0.15, -0.1) is 0 Å². The molecule has 8 nitrogen and oxygen atoms in total. The third-order valence-corrected chi connectivity index (χ3v) is 5.86. The van der Waals surface area contributed by atoms with Crippen LogP contribution in [0.5, 0.6) is 0 Å². The smallest absolute Gasteiger partial charge is 0.224 e. The van der Waals surface area contributed by atoms with Crippen molar-refractivity contribution in [3.63, 3.8) is 0 Å². The van der Waals surface area contributed by atoms with Gasteiger partial charge in [-0.2, -0.15) is 4.98 Å². The second-order valence-electron chi connectivity index (χ2n) is 8.25. The van der Waals surface area contributed by atoms with Gasteiger partial charge in [-0.05, 0) is 50.9 Å². The van der Waals surface area contributed by atoms with Gasteiger partial charge in [0.15, 0.2) is 10.9 Å². The lowest BCUT2D eigenvalue weighted by molar-refractivity contribution is 0.387. The number of benzene rings is 1. The quantitative estimate of drug-likeness (QED) is 0.477. The normalized spacial score (nSPS) is 18.1. The summed E-state index contributed by atoms with van der Waals surface area (Å²) in [5.41, 5.74) is 2.56. The lowest BCUT2D eigenvalue weighted by Gasteiger charge is -2.30. The molecule has 1 aromatic carbocycles. The summed E-state index contributed by atoms with van der Waals surface area (Å²) in [6, 6.07) is 12.5. The van der Waals surface area contributed by atoms with Gasteiger partial charge in [0.25, 0.3) is 0 Å². The van der Waals surface area contributed by atoms with E-state index < -0.39 is 0 Å². The fraction of sp³-hybridized carbons (Fsp3) is 0.391. The second kappa shape index (κ2) is 9.95. The molecule has 3 aromatic rings. The van der Waals surface area contributed by atoms with Gasteiger partial charge in [-0.3, -0.25) is 0 Å². The summed E-state index contributed by atoms with van der Waals surface area (Å²) >= 11 is 5.59. The highest BCUT2D eigenvalue weighted by Gasteiger charge is 2.23. The van der Waals surface area contributed by atoms with Gasteiger partial charge in [0, 0.05) is 37.9 Å². The van der Waals surface area contributed by atoms with Crippen LogP contribution >= 0.6 is 12.2 Å². The van der Waals surface area contributed by atoms with Crippen molar-refractivity contribution >= 4 is 34.8 Å². The average Bonchev–Trinajstić information content (AvgIpc) is 3.16. The number of nitrogens with zero attached hydrogens (tertiary/aromatic N) is 4. The van der Waals surface area contributed by atoms with Crippen molar-refractivity contribution in [1.82, 2.24) is 20.4 Å². The van der Waals surface area contributed by atoms with Crippen LogP contribution in [0, 0.1) is 6.92 Å². The van der Waals surface area contributed by atoms with Crippen LogP contribution < -0.4 is 20.9 Å². The lowest BCUT2D eigenvalue weighted by Crippen LogP contribution is -2.42. The van der Waals surface area contributed by atoms with Crippen molar-refractivity contribution in [2.24, 2.45) is 0 Å². The maximum atomic E-state index is 5.59. The lowest BCUT2D eigenvalue weighted by atomic mass is 9.91. The Morgan fingerprint density at radius 2 is 1.78 bits per heavy atom. The Balaban J connectivity index is 1.29.